The molecule has 3 aromatic carbocycles. The van der Waals surface area contributed by atoms with Crippen molar-refractivity contribution in [3.05, 3.63) is 93.1 Å². The van der Waals surface area contributed by atoms with Gasteiger partial charge in [-0.15, -0.1) is 0 Å². The molecular weight excluding hydrogens is 551 g/mol. The number of hydrogen-bond donors (Lipinski definition) is 1. The molecule has 0 spiro atoms. The molecule has 0 saturated heterocycles. The average molecular weight is 575 g/mol. The Morgan fingerprint density at radius 3 is 2.70 bits per heavy atom. The summed E-state index contributed by atoms with van der Waals surface area (Å²) in [6.07, 6.45) is 3.31. The first-order valence-electron chi connectivity index (χ1n) is 12.9. The molecule has 6 rings (SSSR count). The fourth-order valence-electron chi connectivity index (χ4n) is 5.01. The van der Waals surface area contributed by atoms with Crippen molar-refractivity contribution in [3.8, 4) is 11.5 Å². The van der Waals surface area contributed by atoms with Crippen LogP contribution in [0.4, 0.5) is 5.69 Å². The summed E-state index contributed by atoms with van der Waals surface area (Å²) in [7, 11) is 0. The highest BCUT2D eigenvalue weighted by Gasteiger charge is 2.28. The topological polar surface area (TPSA) is 86.8 Å². The third kappa shape index (κ3) is 5.10. The fourth-order valence-corrected chi connectivity index (χ4v) is 5.47. The minimum absolute atomic E-state index is 0.209. The number of esters is 1. The van der Waals surface area contributed by atoms with Gasteiger partial charge in [-0.1, -0.05) is 47.5 Å². The van der Waals surface area contributed by atoms with Crippen LogP contribution in [0.15, 0.2) is 60.7 Å². The summed E-state index contributed by atoms with van der Waals surface area (Å²) in [6, 6.07) is 18.0. The van der Waals surface area contributed by atoms with E-state index in [1.165, 1.54) is 13.0 Å². The number of ether oxygens (including phenoxy) is 3. The van der Waals surface area contributed by atoms with Crippen LogP contribution in [0.1, 0.15) is 46.9 Å². The van der Waals surface area contributed by atoms with Gasteiger partial charge in [-0.05, 0) is 85.4 Å². The Labute approximate surface area is 240 Å². The largest absolute Gasteiger partial charge is 0.454 e. The van der Waals surface area contributed by atoms with Crippen molar-refractivity contribution < 1.29 is 23.8 Å². The van der Waals surface area contributed by atoms with Crippen molar-refractivity contribution in [1.82, 2.24) is 4.98 Å². The van der Waals surface area contributed by atoms with E-state index < -0.39 is 18.0 Å². The minimum Gasteiger partial charge on any atom is -0.454 e. The van der Waals surface area contributed by atoms with Crippen molar-refractivity contribution >= 4 is 63.3 Å². The normalized spacial score (nSPS) is 15.5. The molecule has 202 valence electrons. The van der Waals surface area contributed by atoms with E-state index in [1.807, 2.05) is 42.5 Å². The number of halogens is 2. The molecule has 1 amide bonds. The number of nitrogens with one attached hydrogen (secondary N) is 1. The van der Waals surface area contributed by atoms with Crippen LogP contribution in [0.2, 0.25) is 10.0 Å². The van der Waals surface area contributed by atoms with Crippen molar-refractivity contribution in [1.29, 1.82) is 0 Å². The third-order valence-electron chi connectivity index (χ3n) is 6.95. The van der Waals surface area contributed by atoms with Crippen LogP contribution >= 0.6 is 23.2 Å². The maximum atomic E-state index is 13.7. The quantitative estimate of drug-likeness (QED) is 0.251. The molecule has 7 nitrogen and oxygen atoms in total. The molecule has 0 unspecified atom stereocenters. The molecule has 2 heterocycles. The summed E-state index contributed by atoms with van der Waals surface area (Å²) in [5.41, 5.74) is 5.04. The Bertz CT molecular complexity index is 1700. The number of anilines is 1. The number of para-hydroxylation sites is 1. The van der Waals surface area contributed by atoms with Gasteiger partial charge in [0.25, 0.3) is 5.91 Å². The zero-order chi connectivity index (χ0) is 27.8. The van der Waals surface area contributed by atoms with Crippen molar-refractivity contribution in [3.63, 3.8) is 0 Å². The van der Waals surface area contributed by atoms with Gasteiger partial charge >= 0.3 is 5.97 Å². The van der Waals surface area contributed by atoms with Gasteiger partial charge in [0.1, 0.15) is 0 Å². The van der Waals surface area contributed by atoms with Crippen LogP contribution in [0.25, 0.3) is 22.6 Å². The smallest absolute Gasteiger partial charge is 0.339 e. The second-order valence-corrected chi connectivity index (χ2v) is 10.5. The molecule has 4 aromatic rings. The van der Waals surface area contributed by atoms with Gasteiger partial charge in [-0.3, -0.25) is 4.79 Å². The van der Waals surface area contributed by atoms with E-state index in [9.17, 15) is 9.59 Å². The lowest BCUT2D eigenvalue weighted by Crippen LogP contribution is -2.30. The summed E-state index contributed by atoms with van der Waals surface area (Å²) in [4.78, 5) is 31.5. The first-order chi connectivity index (χ1) is 19.4. The molecule has 2 aliphatic rings. The second kappa shape index (κ2) is 10.8. The Morgan fingerprint density at radius 2 is 1.85 bits per heavy atom. The maximum absolute atomic E-state index is 13.7. The van der Waals surface area contributed by atoms with E-state index in [2.05, 4.69) is 11.4 Å². The molecule has 0 saturated carbocycles. The van der Waals surface area contributed by atoms with Crippen molar-refractivity contribution in [2.45, 2.75) is 32.3 Å². The van der Waals surface area contributed by atoms with Crippen LogP contribution in [-0.2, 0) is 16.0 Å². The zero-order valence-corrected chi connectivity index (χ0v) is 23.0. The van der Waals surface area contributed by atoms with E-state index >= 15 is 0 Å². The van der Waals surface area contributed by atoms with Gasteiger partial charge in [0.05, 0.1) is 27.5 Å². The summed E-state index contributed by atoms with van der Waals surface area (Å²) in [5.74, 6) is 0.335. The first kappa shape index (κ1) is 26.2. The number of rotatable bonds is 5. The fraction of sp³-hybridized carbons (Fsp3) is 0.194. The summed E-state index contributed by atoms with van der Waals surface area (Å²) < 4.78 is 16.7. The van der Waals surface area contributed by atoms with Crippen LogP contribution in [0.3, 0.4) is 0 Å². The number of nitrogens with zero attached hydrogens (tertiary/aromatic N) is 1. The van der Waals surface area contributed by atoms with Crippen LogP contribution in [0, 0.1) is 0 Å². The number of carbonyl (C=O) groups excluding carboxylic acids is 2. The van der Waals surface area contributed by atoms with Crippen molar-refractivity contribution in [2.24, 2.45) is 0 Å². The molecule has 1 N–H and O–H groups in total. The number of pyridine rings is 1. The van der Waals surface area contributed by atoms with Gasteiger partial charge in [0.2, 0.25) is 6.79 Å². The number of allylic oxidation sites excluding steroid dienone is 1. The Kier molecular flexibility index (Phi) is 7.09. The summed E-state index contributed by atoms with van der Waals surface area (Å²) >= 11 is 12.1. The van der Waals surface area contributed by atoms with Gasteiger partial charge < -0.3 is 19.5 Å². The van der Waals surface area contributed by atoms with Gasteiger partial charge in [-0.2, -0.15) is 0 Å². The number of aromatic nitrogens is 1. The molecule has 1 aliphatic carbocycles. The molecule has 1 aromatic heterocycles. The number of amides is 1. The number of fused-ring (bicyclic) bond motifs is 3. The van der Waals surface area contributed by atoms with Crippen LogP contribution in [0.5, 0.6) is 11.5 Å². The van der Waals surface area contributed by atoms with E-state index in [4.69, 9.17) is 42.4 Å². The molecule has 1 atom stereocenters. The van der Waals surface area contributed by atoms with E-state index in [0.29, 0.717) is 39.3 Å². The van der Waals surface area contributed by atoms with E-state index in [-0.39, 0.29) is 11.8 Å². The average Bonchev–Trinajstić information content (AvgIpc) is 3.41. The molecular formula is C31H24Cl2N2O5. The second-order valence-electron chi connectivity index (χ2n) is 9.63. The maximum Gasteiger partial charge on any atom is 0.339 e. The molecule has 9 heteroatoms. The van der Waals surface area contributed by atoms with Crippen molar-refractivity contribution in [2.75, 3.05) is 12.1 Å². The zero-order valence-electron chi connectivity index (χ0n) is 21.5. The number of hydrogen-bond acceptors (Lipinski definition) is 6. The highest BCUT2D eigenvalue weighted by molar-refractivity contribution is 6.36. The predicted octanol–water partition coefficient (Wildman–Crippen LogP) is 7.33. The lowest BCUT2D eigenvalue weighted by molar-refractivity contribution is -0.123. The lowest BCUT2D eigenvalue weighted by Gasteiger charge is -2.23. The lowest BCUT2D eigenvalue weighted by atomic mass is 9.86. The predicted molar refractivity (Wildman–Crippen MR) is 155 cm³/mol. The van der Waals surface area contributed by atoms with E-state index in [1.54, 1.807) is 12.1 Å². The Balaban J connectivity index is 1.33. The third-order valence-corrected chi connectivity index (χ3v) is 7.50. The molecule has 40 heavy (non-hydrogen) atoms. The summed E-state index contributed by atoms with van der Waals surface area (Å²) in [5, 5.41) is 4.12. The van der Waals surface area contributed by atoms with Crippen LogP contribution in [-0.4, -0.2) is 29.8 Å². The Morgan fingerprint density at radius 1 is 1.02 bits per heavy atom. The SMILES string of the molecule is C[C@H](OC(=O)c1c2c(nc3ccccc13)/C(=C\c1ccc3c(c1)OCO3)CCC2)C(=O)Nc1ccc(Cl)cc1Cl. The van der Waals surface area contributed by atoms with Gasteiger partial charge in [0.15, 0.2) is 17.6 Å². The van der Waals surface area contributed by atoms with E-state index in [0.717, 1.165) is 41.0 Å². The molecule has 0 fully saturated rings. The molecule has 0 radical (unpaired) electrons. The van der Waals surface area contributed by atoms with Gasteiger partial charge in [-0.25, -0.2) is 9.78 Å². The summed E-state index contributed by atoms with van der Waals surface area (Å²) in [6.45, 7) is 1.73. The molecule has 1 aliphatic heterocycles. The number of carbonyl (C=O) groups is 2. The number of benzene rings is 3. The van der Waals surface area contributed by atoms with Gasteiger partial charge in [0, 0.05) is 10.4 Å². The van der Waals surface area contributed by atoms with Crippen LogP contribution < -0.4 is 14.8 Å². The standard InChI is InChI=1S/C31H24Cl2N2O5/c1-17(30(36)35-25-11-10-20(32)15-23(25)33)40-31(37)28-21-6-2-3-8-24(21)34-29-19(5-4-7-22(28)29)13-18-9-12-26-27(14-18)39-16-38-26/h2-3,6,8-15,17H,4-5,7,16H2,1H3,(H,35,36)/b19-13-/t17-/m0/s1. The highest BCUT2D eigenvalue weighted by atomic mass is 35.5. The highest BCUT2D eigenvalue weighted by Crippen LogP contribution is 2.38. The monoisotopic (exact) mass is 574 g/mol. The molecule has 0 bridgehead atoms. The first-order valence-corrected chi connectivity index (χ1v) is 13.6. The Hall–Kier alpha value is -4.07. The minimum atomic E-state index is -1.07.